The Bertz CT molecular complexity index is 486. The summed E-state index contributed by atoms with van der Waals surface area (Å²) in [5, 5.41) is 5.70. The van der Waals surface area contributed by atoms with Gasteiger partial charge in [0.05, 0.1) is 11.4 Å². The monoisotopic (exact) mass is 240 g/mol. The first-order valence-electron chi connectivity index (χ1n) is 4.57. The first-order chi connectivity index (χ1) is 7.09. The van der Waals surface area contributed by atoms with E-state index in [1.807, 2.05) is 38.1 Å². The molecule has 0 atom stereocenters. The van der Waals surface area contributed by atoms with Crippen molar-refractivity contribution in [1.29, 1.82) is 0 Å². The van der Waals surface area contributed by atoms with Gasteiger partial charge in [0.15, 0.2) is 0 Å². The Balaban J connectivity index is 2.54. The number of rotatable bonds is 1. The number of aromatic nitrogens is 2. The van der Waals surface area contributed by atoms with Crippen molar-refractivity contribution < 1.29 is 0 Å². The molecular weight excluding hydrogens is 231 g/mol. The van der Waals surface area contributed by atoms with Gasteiger partial charge in [0.1, 0.15) is 5.15 Å². The fourth-order valence-electron chi connectivity index (χ4n) is 1.33. The summed E-state index contributed by atoms with van der Waals surface area (Å²) < 4.78 is 1.71. The lowest BCUT2D eigenvalue weighted by Gasteiger charge is -2.02. The minimum Gasteiger partial charge on any atom is -0.222 e. The Kier molecular flexibility index (Phi) is 2.72. The lowest BCUT2D eigenvalue weighted by molar-refractivity contribution is 0.863. The van der Waals surface area contributed by atoms with Crippen molar-refractivity contribution in [3.8, 4) is 5.69 Å². The number of halogens is 2. The maximum absolute atomic E-state index is 6.16. The van der Waals surface area contributed by atoms with Gasteiger partial charge in [0.2, 0.25) is 0 Å². The van der Waals surface area contributed by atoms with Gasteiger partial charge in [-0.1, -0.05) is 23.2 Å². The summed E-state index contributed by atoms with van der Waals surface area (Å²) >= 11 is 12.0. The van der Waals surface area contributed by atoms with Crippen LogP contribution in [0.3, 0.4) is 0 Å². The topological polar surface area (TPSA) is 17.8 Å². The van der Waals surface area contributed by atoms with Crippen molar-refractivity contribution in [1.82, 2.24) is 9.78 Å². The second kappa shape index (κ2) is 3.87. The molecule has 0 saturated carbocycles. The van der Waals surface area contributed by atoms with Crippen LogP contribution in [0, 0.1) is 13.8 Å². The molecule has 1 heterocycles. The average Bonchev–Trinajstić information content (AvgIpc) is 2.47. The highest BCUT2D eigenvalue weighted by Gasteiger charge is 2.10. The Morgan fingerprint density at radius 2 is 1.67 bits per heavy atom. The van der Waals surface area contributed by atoms with E-state index < -0.39 is 0 Å². The van der Waals surface area contributed by atoms with Crippen LogP contribution in [0.15, 0.2) is 24.3 Å². The molecule has 0 N–H and O–H groups in total. The molecule has 1 aromatic heterocycles. The summed E-state index contributed by atoms with van der Waals surface area (Å²) in [6.07, 6.45) is 0. The maximum atomic E-state index is 6.16. The van der Waals surface area contributed by atoms with Crippen molar-refractivity contribution in [3.63, 3.8) is 0 Å². The van der Waals surface area contributed by atoms with Crippen molar-refractivity contribution in [2.45, 2.75) is 13.8 Å². The molecule has 2 nitrogen and oxygen atoms in total. The number of hydrogen-bond donors (Lipinski definition) is 0. The Hall–Kier alpha value is -0.990. The van der Waals surface area contributed by atoms with E-state index in [0.29, 0.717) is 10.2 Å². The predicted octanol–water partition coefficient (Wildman–Crippen LogP) is 3.80. The third-order valence-electron chi connectivity index (χ3n) is 2.36. The third-order valence-corrected chi connectivity index (χ3v) is 3.05. The quantitative estimate of drug-likeness (QED) is 0.742. The summed E-state index contributed by atoms with van der Waals surface area (Å²) in [5.74, 6) is 0. The van der Waals surface area contributed by atoms with E-state index in [0.717, 1.165) is 16.9 Å². The van der Waals surface area contributed by atoms with E-state index in [2.05, 4.69) is 5.10 Å². The SMILES string of the molecule is Cc1nn(-c2ccc(Cl)cc2)c(Cl)c1C. The Morgan fingerprint density at radius 1 is 1.07 bits per heavy atom. The summed E-state index contributed by atoms with van der Waals surface area (Å²) in [6, 6.07) is 7.42. The zero-order chi connectivity index (χ0) is 11.0. The van der Waals surface area contributed by atoms with Gasteiger partial charge in [-0.3, -0.25) is 0 Å². The van der Waals surface area contributed by atoms with Crippen LogP contribution >= 0.6 is 23.2 Å². The predicted molar refractivity (Wildman–Crippen MR) is 63.1 cm³/mol. The molecule has 1 aromatic carbocycles. The van der Waals surface area contributed by atoms with Gasteiger partial charge in [0, 0.05) is 10.6 Å². The molecule has 0 radical (unpaired) electrons. The first-order valence-corrected chi connectivity index (χ1v) is 5.33. The van der Waals surface area contributed by atoms with Gasteiger partial charge in [-0.15, -0.1) is 0 Å². The first kappa shape index (κ1) is 10.5. The Morgan fingerprint density at radius 3 is 2.13 bits per heavy atom. The van der Waals surface area contributed by atoms with Crippen molar-refractivity contribution in [2.24, 2.45) is 0 Å². The molecule has 0 aliphatic carbocycles. The van der Waals surface area contributed by atoms with Crippen LogP contribution in [0.25, 0.3) is 5.69 Å². The van der Waals surface area contributed by atoms with Crippen LogP contribution in [-0.4, -0.2) is 9.78 Å². The van der Waals surface area contributed by atoms with Crippen LogP contribution in [0.1, 0.15) is 11.3 Å². The summed E-state index contributed by atoms with van der Waals surface area (Å²) in [5.41, 5.74) is 2.86. The van der Waals surface area contributed by atoms with E-state index in [9.17, 15) is 0 Å². The summed E-state index contributed by atoms with van der Waals surface area (Å²) in [6.45, 7) is 3.89. The number of benzene rings is 1. The molecular formula is C11H10Cl2N2. The Labute approximate surface area is 98.4 Å². The van der Waals surface area contributed by atoms with E-state index in [4.69, 9.17) is 23.2 Å². The van der Waals surface area contributed by atoms with E-state index in [1.165, 1.54) is 0 Å². The van der Waals surface area contributed by atoms with Crippen LogP contribution in [-0.2, 0) is 0 Å². The van der Waals surface area contributed by atoms with Crippen molar-refractivity contribution >= 4 is 23.2 Å². The molecule has 0 bridgehead atoms. The largest absolute Gasteiger partial charge is 0.222 e. The fourth-order valence-corrected chi connectivity index (χ4v) is 1.73. The van der Waals surface area contributed by atoms with Crippen molar-refractivity contribution in [2.75, 3.05) is 0 Å². The number of hydrogen-bond acceptors (Lipinski definition) is 1. The molecule has 0 aliphatic heterocycles. The lowest BCUT2D eigenvalue weighted by Crippen LogP contribution is -1.96. The molecule has 0 saturated heterocycles. The van der Waals surface area contributed by atoms with Crippen molar-refractivity contribution in [3.05, 3.63) is 45.7 Å². The van der Waals surface area contributed by atoms with Crippen LogP contribution in [0.2, 0.25) is 10.2 Å². The molecule has 4 heteroatoms. The highest BCUT2D eigenvalue weighted by atomic mass is 35.5. The van der Waals surface area contributed by atoms with Crippen LogP contribution in [0.4, 0.5) is 0 Å². The minimum atomic E-state index is 0.648. The van der Waals surface area contributed by atoms with Crippen LogP contribution < -0.4 is 0 Å². The fraction of sp³-hybridized carbons (Fsp3) is 0.182. The molecule has 0 unspecified atom stereocenters. The lowest BCUT2D eigenvalue weighted by atomic mass is 10.3. The maximum Gasteiger partial charge on any atom is 0.136 e. The smallest absolute Gasteiger partial charge is 0.136 e. The molecule has 0 amide bonds. The molecule has 78 valence electrons. The molecule has 15 heavy (non-hydrogen) atoms. The van der Waals surface area contributed by atoms with E-state index in [1.54, 1.807) is 4.68 Å². The highest BCUT2D eigenvalue weighted by Crippen LogP contribution is 2.23. The molecule has 0 fully saturated rings. The zero-order valence-corrected chi connectivity index (χ0v) is 9.97. The van der Waals surface area contributed by atoms with Gasteiger partial charge in [0.25, 0.3) is 0 Å². The van der Waals surface area contributed by atoms with Gasteiger partial charge in [-0.05, 0) is 38.1 Å². The minimum absolute atomic E-state index is 0.648. The number of aryl methyl sites for hydroxylation is 1. The highest BCUT2D eigenvalue weighted by molar-refractivity contribution is 6.31. The zero-order valence-electron chi connectivity index (χ0n) is 8.46. The molecule has 0 aliphatic rings. The normalized spacial score (nSPS) is 10.7. The van der Waals surface area contributed by atoms with Crippen LogP contribution in [0.5, 0.6) is 0 Å². The third kappa shape index (κ3) is 1.87. The summed E-state index contributed by atoms with van der Waals surface area (Å²) in [7, 11) is 0. The molecule has 2 aromatic rings. The van der Waals surface area contributed by atoms with Gasteiger partial charge < -0.3 is 0 Å². The number of nitrogens with zero attached hydrogens (tertiary/aromatic N) is 2. The summed E-state index contributed by atoms with van der Waals surface area (Å²) in [4.78, 5) is 0. The average molecular weight is 241 g/mol. The van der Waals surface area contributed by atoms with Gasteiger partial charge >= 0.3 is 0 Å². The van der Waals surface area contributed by atoms with E-state index in [-0.39, 0.29) is 0 Å². The molecule has 0 spiro atoms. The van der Waals surface area contributed by atoms with Gasteiger partial charge in [-0.25, -0.2) is 4.68 Å². The second-order valence-corrected chi connectivity index (χ2v) is 4.18. The second-order valence-electron chi connectivity index (χ2n) is 3.39. The van der Waals surface area contributed by atoms with Gasteiger partial charge in [-0.2, -0.15) is 5.10 Å². The van der Waals surface area contributed by atoms with E-state index >= 15 is 0 Å². The molecule has 2 rings (SSSR count). The standard InChI is InChI=1S/C11H10Cl2N2/c1-7-8(2)14-15(11(7)13)10-5-3-9(12)4-6-10/h3-6H,1-2H3.